The smallest absolute Gasteiger partial charge is 0.409 e. The van der Waals surface area contributed by atoms with Gasteiger partial charge in [-0.25, -0.2) is 13.6 Å². The minimum absolute atomic E-state index is 0.0275. The minimum Gasteiger partial charge on any atom is -0.495 e. The zero-order chi connectivity index (χ0) is 51.6. The lowest BCUT2D eigenvalue weighted by atomic mass is 9.99. The maximum atomic E-state index is 13.5. The second-order valence-electron chi connectivity index (χ2n) is 18.0. The molecule has 4 aliphatic heterocycles. The lowest BCUT2D eigenvalue weighted by Crippen LogP contribution is -2.70. The zero-order valence-electron chi connectivity index (χ0n) is 40.6. The summed E-state index contributed by atoms with van der Waals surface area (Å²) in [5, 5.41) is 9.58. The summed E-state index contributed by atoms with van der Waals surface area (Å²) in [4.78, 5) is 72.2. The van der Waals surface area contributed by atoms with E-state index in [4.69, 9.17) is 37.4 Å². The summed E-state index contributed by atoms with van der Waals surface area (Å²) < 4.78 is 42.1. The molecule has 8 rings (SSSR count). The molecule has 0 saturated carbocycles. The number of benzene rings is 4. The fourth-order valence-corrected chi connectivity index (χ4v) is 10.2. The van der Waals surface area contributed by atoms with Crippen LogP contribution >= 0.6 is 23.2 Å². The molecule has 3 N–H and O–H groups in total. The number of nitrogens with zero attached hydrogens (tertiary/aromatic N) is 5. The molecule has 0 spiro atoms. The summed E-state index contributed by atoms with van der Waals surface area (Å²) in [5.41, 5.74) is 4.17. The molecule has 4 atom stereocenters. The van der Waals surface area contributed by atoms with E-state index in [2.05, 4.69) is 25.8 Å². The van der Waals surface area contributed by atoms with Crippen LogP contribution < -0.4 is 25.4 Å². The maximum Gasteiger partial charge on any atom is 0.409 e. The first-order valence-corrected chi connectivity index (χ1v) is 24.1. The van der Waals surface area contributed by atoms with Crippen molar-refractivity contribution in [3.05, 3.63) is 129 Å². The van der Waals surface area contributed by atoms with Gasteiger partial charge in [-0.1, -0.05) is 47.5 Å². The monoisotopic (exact) mass is 1030 g/mol. The van der Waals surface area contributed by atoms with Crippen LogP contribution in [0.4, 0.5) is 25.0 Å². The molecule has 0 radical (unpaired) electrons. The summed E-state index contributed by atoms with van der Waals surface area (Å²) in [6.07, 6.45) is 5.86. The Labute approximate surface area is 427 Å². The number of anilines is 2. The van der Waals surface area contributed by atoms with Gasteiger partial charge in [-0.05, 0) is 71.8 Å². The van der Waals surface area contributed by atoms with Gasteiger partial charge in [-0.3, -0.25) is 29.0 Å². The highest BCUT2D eigenvalue weighted by Gasteiger charge is 2.44. The van der Waals surface area contributed by atoms with Crippen molar-refractivity contribution in [1.82, 2.24) is 29.8 Å². The summed E-state index contributed by atoms with van der Waals surface area (Å²) in [6, 6.07) is 19.0. The molecule has 4 fully saturated rings. The number of ether oxygens (including phenoxy) is 3. The number of carbonyl (C=O) groups is 5. The number of carbonyl (C=O) groups excluding carboxylic acids is 5. The minimum atomic E-state index is -0.428. The van der Waals surface area contributed by atoms with Crippen LogP contribution in [0, 0.1) is 11.6 Å². The van der Waals surface area contributed by atoms with Gasteiger partial charge in [-0.15, -0.1) is 0 Å². The van der Waals surface area contributed by atoms with Gasteiger partial charge in [0, 0.05) is 114 Å². The number of methoxy groups -OCH3 is 3. The molecule has 4 saturated heterocycles. The summed E-state index contributed by atoms with van der Waals surface area (Å²) in [7, 11) is 4.33. The molecule has 0 aliphatic carbocycles. The van der Waals surface area contributed by atoms with Crippen molar-refractivity contribution in [2.24, 2.45) is 0 Å². The standard InChI is InChI=1S/C27H30ClFN4O5.C25H28ClFN4O3/c1-17(34)30-24-11-23(28)25(37-2)10-19(24)6-9-26(35)33-21-13-31(12-18-4-7-20(29)8-5-18)14-22(33)16-32(15-21)27(36)38-3;1-16(32)29-23-10-22(26)24(34-2)9-18(23)5-8-25(33)31-20-11-28-12-21(31)15-30(14-20)13-17-3-6-19(27)7-4-17/h4-11,21-22H,12-16H2,1-3H3,(H,30,34);3-10,20-21,28H,11-15H2,1-2H3,(H,29,32)/b9-6+;8-5+. The number of halogens is 4. The third-order valence-corrected chi connectivity index (χ3v) is 13.3. The molecule has 4 aromatic rings. The second kappa shape index (κ2) is 24.2. The van der Waals surface area contributed by atoms with Gasteiger partial charge in [0.05, 0.1) is 55.5 Å². The van der Waals surface area contributed by atoms with E-state index in [-0.39, 0.29) is 59.4 Å². The van der Waals surface area contributed by atoms with E-state index in [1.165, 1.54) is 71.6 Å². The Bertz CT molecular complexity index is 2660. The van der Waals surface area contributed by atoms with Gasteiger partial charge in [0.2, 0.25) is 23.6 Å². The molecule has 0 aromatic heterocycles. The van der Waals surface area contributed by atoms with Crippen LogP contribution in [0.25, 0.3) is 12.2 Å². The van der Waals surface area contributed by atoms with E-state index in [9.17, 15) is 32.8 Å². The number of piperazine rings is 4. The van der Waals surface area contributed by atoms with Crippen molar-refractivity contribution in [2.45, 2.75) is 51.1 Å². The van der Waals surface area contributed by atoms with Gasteiger partial charge in [0.25, 0.3) is 0 Å². The predicted molar refractivity (Wildman–Crippen MR) is 272 cm³/mol. The van der Waals surface area contributed by atoms with Gasteiger partial charge >= 0.3 is 6.09 Å². The van der Waals surface area contributed by atoms with Gasteiger partial charge in [-0.2, -0.15) is 0 Å². The third kappa shape index (κ3) is 13.5. The van der Waals surface area contributed by atoms with E-state index < -0.39 is 6.09 Å². The Hall–Kier alpha value is -6.57. The maximum absolute atomic E-state index is 13.5. The molecule has 4 aromatic carbocycles. The molecule has 72 heavy (non-hydrogen) atoms. The quantitative estimate of drug-likeness (QED) is 0.128. The third-order valence-electron chi connectivity index (χ3n) is 12.7. The lowest BCUT2D eigenvalue weighted by molar-refractivity contribution is -0.140. The summed E-state index contributed by atoms with van der Waals surface area (Å²) >= 11 is 12.4. The van der Waals surface area contributed by atoms with Crippen LogP contribution in [-0.2, 0) is 37.0 Å². The number of rotatable bonds is 12. The van der Waals surface area contributed by atoms with Crippen LogP contribution in [0.5, 0.6) is 11.5 Å². The van der Waals surface area contributed by atoms with Gasteiger partial charge in [0.1, 0.15) is 23.1 Å². The van der Waals surface area contributed by atoms with Crippen molar-refractivity contribution >= 4 is 76.5 Å². The first kappa shape index (κ1) is 53.2. The molecule has 20 heteroatoms. The van der Waals surface area contributed by atoms with Crippen molar-refractivity contribution in [3.63, 3.8) is 0 Å². The predicted octanol–water partition coefficient (Wildman–Crippen LogP) is 6.77. The highest BCUT2D eigenvalue weighted by Crippen LogP contribution is 2.34. The van der Waals surface area contributed by atoms with Crippen molar-refractivity contribution < 1.29 is 47.0 Å². The van der Waals surface area contributed by atoms with Crippen molar-refractivity contribution in [2.75, 3.05) is 84.3 Å². The average Bonchev–Trinajstić information content (AvgIpc) is 3.33. The van der Waals surface area contributed by atoms with E-state index in [1.54, 1.807) is 65.6 Å². The fourth-order valence-electron chi connectivity index (χ4n) is 9.68. The van der Waals surface area contributed by atoms with Crippen LogP contribution in [0.1, 0.15) is 36.1 Å². The molecule has 382 valence electrons. The Kier molecular flexibility index (Phi) is 17.9. The van der Waals surface area contributed by atoms with Gasteiger partial charge < -0.3 is 44.9 Å². The molecular weight excluding hydrogens is 974 g/mol. The first-order chi connectivity index (χ1) is 34.5. The average molecular weight is 1030 g/mol. The lowest BCUT2D eigenvalue weighted by Gasteiger charge is -2.52. The highest BCUT2D eigenvalue weighted by molar-refractivity contribution is 6.33. The Balaban J connectivity index is 0.000000213. The van der Waals surface area contributed by atoms with Crippen LogP contribution in [0.2, 0.25) is 10.0 Å². The number of hydrogen-bond donors (Lipinski definition) is 3. The summed E-state index contributed by atoms with van der Waals surface area (Å²) in [5.74, 6) is -0.476. The van der Waals surface area contributed by atoms with E-state index in [1.807, 2.05) is 9.80 Å². The number of hydrogen-bond acceptors (Lipinski definition) is 11. The largest absolute Gasteiger partial charge is 0.495 e. The highest BCUT2D eigenvalue weighted by atomic mass is 35.5. The zero-order valence-corrected chi connectivity index (χ0v) is 42.1. The van der Waals surface area contributed by atoms with Gasteiger partial charge in [0.15, 0.2) is 0 Å². The molecule has 16 nitrogen and oxygen atoms in total. The molecule has 4 aliphatic rings. The SMILES string of the molecule is COC(=O)N1CC2CN(Cc3ccc(F)cc3)CC(C1)N2C(=O)/C=C/c1cc(OC)c(Cl)cc1NC(C)=O.COc1cc(/C=C/C(=O)N2C3CNCC2CN(Cc2ccc(F)cc2)C3)c(NC(C)=O)cc1Cl. The number of nitrogens with one attached hydrogen (secondary N) is 3. The normalized spacial score (nSPS) is 19.9. The Morgan fingerprint density at radius 3 is 1.38 bits per heavy atom. The number of fused-ring (bicyclic) bond motifs is 4. The molecule has 4 bridgehead atoms. The van der Waals surface area contributed by atoms with E-state index in [0.717, 1.165) is 30.8 Å². The molecule has 4 heterocycles. The Morgan fingerprint density at radius 2 is 1.00 bits per heavy atom. The molecular formula is C52H58Cl2F2N8O8. The van der Waals surface area contributed by atoms with Crippen molar-refractivity contribution in [3.8, 4) is 11.5 Å². The molecule has 4 unspecified atom stereocenters. The molecule has 5 amide bonds. The summed E-state index contributed by atoms with van der Waals surface area (Å²) in [6.45, 7) is 8.72. The van der Waals surface area contributed by atoms with E-state index >= 15 is 0 Å². The van der Waals surface area contributed by atoms with Crippen molar-refractivity contribution in [1.29, 1.82) is 0 Å². The van der Waals surface area contributed by atoms with Crippen LogP contribution in [0.15, 0.2) is 84.9 Å². The fraction of sp³-hybridized carbons (Fsp3) is 0.365. The topological polar surface area (TPSA) is 165 Å². The Morgan fingerprint density at radius 1 is 0.611 bits per heavy atom. The van der Waals surface area contributed by atoms with Crippen LogP contribution in [0.3, 0.4) is 0 Å². The second-order valence-corrected chi connectivity index (χ2v) is 18.8. The van der Waals surface area contributed by atoms with E-state index in [0.29, 0.717) is 89.9 Å². The van der Waals surface area contributed by atoms with Crippen LogP contribution in [-0.4, -0.2) is 152 Å². The number of amides is 5. The first-order valence-electron chi connectivity index (χ1n) is 23.3.